The zero-order valence-corrected chi connectivity index (χ0v) is 14.9. The molecule has 0 aliphatic carbocycles. The quantitative estimate of drug-likeness (QED) is 0.600. The second-order valence-corrected chi connectivity index (χ2v) is 6.54. The molecular weight excluding hydrogens is 350 g/mol. The van der Waals surface area contributed by atoms with Gasteiger partial charge in [-0.25, -0.2) is 19.9 Å². The molecule has 0 spiro atoms. The van der Waals surface area contributed by atoms with E-state index in [0.29, 0.717) is 22.2 Å². The van der Waals surface area contributed by atoms with Crippen LogP contribution in [0.5, 0.6) is 0 Å². The molecule has 1 amide bonds. The summed E-state index contributed by atoms with van der Waals surface area (Å²) in [6.07, 6.45) is 8.70. The summed E-state index contributed by atoms with van der Waals surface area (Å²) in [5.41, 5.74) is 0.677. The van der Waals surface area contributed by atoms with E-state index >= 15 is 0 Å². The number of nitrogens with one attached hydrogen (secondary N) is 1. The summed E-state index contributed by atoms with van der Waals surface area (Å²) in [4.78, 5) is 30.2. The fraction of sp³-hybridized carbons (Fsp3) is 0.118. The average molecular weight is 365 g/mol. The minimum Gasteiger partial charge on any atom is -0.306 e. The van der Waals surface area contributed by atoms with Crippen molar-refractivity contribution in [3.63, 3.8) is 0 Å². The zero-order valence-electron chi connectivity index (χ0n) is 14.1. The van der Waals surface area contributed by atoms with Gasteiger partial charge in [0.05, 0.1) is 5.69 Å². The molecule has 0 saturated heterocycles. The van der Waals surface area contributed by atoms with E-state index in [1.54, 1.807) is 18.5 Å². The van der Waals surface area contributed by atoms with Crippen LogP contribution in [0.3, 0.4) is 0 Å². The molecule has 1 N–H and O–H groups in total. The van der Waals surface area contributed by atoms with E-state index in [1.165, 1.54) is 17.7 Å². The molecule has 4 heterocycles. The van der Waals surface area contributed by atoms with Crippen LogP contribution in [0.1, 0.15) is 21.2 Å². The number of nitrogens with zero attached hydrogens (tertiary/aromatic N) is 6. The van der Waals surface area contributed by atoms with Crippen molar-refractivity contribution in [1.29, 1.82) is 0 Å². The van der Waals surface area contributed by atoms with Gasteiger partial charge in [-0.05, 0) is 26.0 Å². The lowest BCUT2D eigenvalue weighted by Gasteiger charge is -2.07. The Morgan fingerprint density at radius 1 is 1.12 bits per heavy atom. The maximum atomic E-state index is 12.7. The van der Waals surface area contributed by atoms with Gasteiger partial charge in [-0.1, -0.05) is 11.3 Å². The molecule has 0 radical (unpaired) electrons. The second-order valence-electron chi connectivity index (χ2n) is 5.56. The summed E-state index contributed by atoms with van der Waals surface area (Å²) in [6, 6.07) is 5.53. The lowest BCUT2D eigenvalue weighted by Crippen LogP contribution is -2.13. The van der Waals surface area contributed by atoms with Crippen LogP contribution in [0.2, 0.25) is 0 Å². The van der Waals surface area contributed by atoms with Crippen molar-refractivity contribution in [3.8, 4) is 10.9 Å². The fourth-order valence-electron chi connectivity index (χ4n) is 2.51. The molecule has 8 nitrogen and oxygen atoms in total. The third kappa shape index (κ3) is 3.00. The van der Waals surface area contributed by atoms with Crippen molar-refractivity contribution < 1.29 is 4.79 Å². The smallest absolute Gasteiger partial charge is 0.268 e. The van der Waals surface area contributed by atoms with Crippen molar-refractivity contribution in [2.45, 2.75) is 13.8 Å². The Kier molecular flexibility index (Phi) is 4.05. The molecule has 0 aliphatic heterocycles. The number of hydrogen-bond donors (Lipinski definition) is 1. The summed E-state index contributed by atoms with van der Waals surface area (Å²) in [5.74, 6) is 1.61. The van der Waals surface area contributed by atoms with Crippen molar-refractivity contribution in [3.05, 3.63) is 65.7 Å². The number of hydrogen-bond acceptors (Lipinski definition) is 6. The van der Waals surface area contributed by atoms with E-state index in [2.05, 4.69) is 25.3 Å². The first-order chi connectivity index (χ1) is 12.6. The lowest BCUT2D eigenvalue weighted by atomic mass is 10.3. The molecular formula is C17H15N7OS. The molecule has 0 bridgehead atoms. The summed E-state index contributed by atoms with van der Waals surface area (Å²) in [5, 5.41) is 3.56. The van der Waals surface area contributed by atoms with Gasteiger partial charge in [-0.3, -0.25) is 9.36 Å². The Labute approximate surface area is 153 Å². The molecule has 0 fully saturated rings. The first-order valence-corrected chi connectivity index (χ1v) is 8.68. The summed E-state index contributed by atoms with van der Waals surface area (Å²) >= 11 is 1.33. The van der Waals surface area contributed by atoms with Crippen LogP contribution < -0.4 is 5.32 Å². The molecule has 0 unspecified atom stereocenters. The Morgan fingerprint density at radius 3 is 2.65 bits per heavy atom. The second kappa shape index (κ2) is 6.52. The molecule has 4 rings (SSSR count). The number of aromatic nitrogens is 6. The lowest BCUT2D eigenvalue weighted by molar-refractivity contribution is 0.102. The van der Waals surface area contributed by atoms with E-state index in [9.17, 15) is 4.79 Å². The number of amides is 1. The van der Waals surface area contributed by atoms with Crippen molar-refractivity contribution >= 4 is 23.1 Å². The standard InChI is InChI=1S/C17H15N7OS/c1-11-15(26-17(21-11)23-6-3-4-7-23)16(25)22-13-9-14(20-10-19-13)24-8-5-18-12(24)2/h3-10H,1-2H3,(H,19,20,22,25). The van der Waals surface area contributed by atoms with Gasteiger partial charge in [0.15, 0.2) is 5.13 Å². The first kappa shape index (κ1) is 16.2. The van der Waals surface area contributed by atoms with E-state index in [0.717, 1.165) is 11.0 Å². The monoisotopic (exact) mass is 365 g/mol. The first-order valence-electron chi connectivity index (χ1n) is 7.86. The van der Waals surface area contributed by atoms with Gasteiger partial charge in [0, 0.05) is 30.9 Å². The molecule has 0 saturated carbocycles. The van der Waals surface area contributed by atoms with E-state index < -0.39 is 0 Å². The molecule has 4 aromatic rings. The highest BCUT2D eigenvalue weighted by atomic mass is 32.1. The Morgan fingerprint density at radius 2 is 1.92 bits per heavy atom. The number of carbonyl (C=O) groups is 1. The highest BCUT2D eigenvalue weighted by Crippen LogP contribution is 2.23. The molecule has 9 heteroatoms. The normalized spacial score (nSPS) is 10.8. The topological polar surface area (TPSA) is 90.5 Å². The van der Waals surface area contributed by atoms with Crippen molar-refractivity contribution in [1.82, 2.24) is 29.1 Å². The van der Waals surface area contributed by atoms with Crippen LogP contribution in [-0.2, 0) is 0 Å². The highest BCUT2D eigenvalue weighted by molar-refractivity contribution is 7.16. The van der Waals surface area contributed by atoms with Gasteiger partial charge in [0.1, 0.15) is 28.7 Å². The Hall–Kier alpha value is -3.33. The zero-order chi connectivity index (χ0) is 18.1. The maximum absolute atomic E-state index is 12.7. The average Bonchev–Trinajstić information content (AvgIpc) is 3.35. The number of carbonyl (C=O) groups excluding carboxylic acids is 1. The van der Waals surface area contributed by atoms with E-state index in [4.69, 9.17) is 0 Å². The van der Waals surface area contributed by atoms with Crippen LogP contribution in [-0.4, -0.2) is 35.0 Å². The Balaban J connectivity index is 1.58. The number of thiazole rings is 1. The molecule has 0 aromatic carbocycles. The summed E-state index contributed by atoms with van der Waals surface area (Å²) < 4.78 is 3.69. The van der Waals surface area contributed by atoms with Gasteiger partial charge in [0.2, 0.25) is 0 Å². The number of rotatable bonds is 4. The number of anilines is 1. The summed E-state index contributed by atoms with van der Waals surface area (Å²) in [7, 11) is 0. The maximum Gasteiger partial charge on any atom is 0.268 e. The van der Waals surface area contributed by atoms with Crippen LogP contribution in [0.4, 0.5) is 5.82 Å². The van der Waals surface area contributed by atoms with Gasteiger partial charge in [-0.15, -0.1) is 0 Å². The molecule has 4 aromatic heterocycles. The van der Waals surface area contributed by atoms with Crippen molar-refractivity contribution in [2.24, 2.45) is 0 Å². The minimum atomic E-state index is -0.245. The van der Waals surface area contributed by atoms with Crippen LogP contribution in [0.15, 0.2) is 49.3 Å². The number of imidazole rings is 1. The largest absolute Gasteiger partial charge is 0.306 e. The van der Waals surface area contributed by atoms with Crippen molar-refractivity contribution in [2.75, 3.05) is 5.32 Å². The molecule has 0 aliphatic rings. The Bertz CT molecular complexity index is 1060. The molecule has 0 atom stereocenters. The van der Waals surface area contributed by atoms with Crippen LogP contribution in [0, 0.1) is 13.8 Å². The number of aryl methyl sites for hydroxylation is 2. The molecule has 26 heavy (non-hydrogen) atoms. The van der Waals surface area contributed by atoms with Crippen LogP contribution >= 0.6 is 11.3 Å². The third-order valence-electron chi connectivity index (χ3n) is 3.78. The van der Waals surface area contributed by atoms with E-state index in [1.807, 2.05) is 47.5 Å². The fourth-order valence-corrected chi connectivity index (χ4v) is 3.43. The SMILES string of the molecule is Cc1nc(-n2cccc2)sc1C(=O)Nc1cc(-n2ccnc2C)ncn1. The van der Waals surface area contributed by atoms with E-state index in [-0.39, 0.29) is 5.91 Å². The minimum absolute atomic E-state index is 0.245. The van der Waals surface area contributed by atoms with Gasteiger partial charge in [0.25, 0.3) is 5.91 Å². The van der Waals surface area contributed by atoms with Gasteiger partial charge in [-0.2, -0.15) is 0 Å². The molecule has 130 valence electrons. The summed E-state index contributed by atoms with van der Waals surface area (Å²) in [6.45, 7) is 3.70. The van der Waals surface area contributed by atoms with Gasteiger partial charge < -0.3 is 9.88 Å². The predicted molar refractivity (Wildman–Crippen MR) is 98.0 cm³/mol. The third-order valence-corrected chi connectivity index (χ3v) is 4.95. The van der Waals surface area contributed by atoms with Gasteiger partial charge >= 0.3 is 0 Å². The predicted octanol–water partition coefficient (Wildman–Crippen LogP) is 2.78. The highest BCUT2D eigenvalue weighted by Gasteiger charge is 2.17. The van der Waals surface area contributed by atoms with Crippen LogP contribution in [0.25, 0.3) is 10.9 Å².